The summed E-state index contributed by atoms with van der Waals surface area (Å²) in [5.41, 5.74) is 3.29. The van der Waals surface area contributed by atoms with E-state index in [0.717, 1.165) is 38.4 Å². The molecule has 5 nitrogen and oxygen atoms in total. The van der Waals surface area contributed by atoms with Crippen molar-refractivity contribution in [3.63, 3.8) is 0 Å². The predicted molar refractivity (Wildman–Crippen MR) is 101 cm³/mol. The van der Waals surface area contributed by atoms with Crippen LogP contribution in [-0.2, 0) is 0 Å². The maximum atomic E-state index is 13.3. The molecular formula is C20H15N3O2. The molecule has 3 aromatic heterocycles. The molecule has 0 aliphatic heterocycles. The van der Waals surface area contributed by atoms with Crippen LogP contribution in [0.25, 0.3) is 38.1 Å². The van der Waals surface area contributed by atoms with Gasteiger partial charge in [0.15, 0.2) is 0 Å². The number of fused-ring (bicyclic) bond motifs is 5. The number of rotatable bonds is 1. The average Bonchev–Trinajstić information content (AvgIpc) is 2.94. The summed E-state index contributed by atoms with van der Waals surface area (Å²) in [5, 5.41) is 13.1. The zero-order valence-electron chi connectivity index (χ0n) is 13.8. The van der Waals surface area contributed by atoms with Crippen LogP contribution < -0.4 is 10.5 Å². The van der Waals surface area contributed by atoms with Crippen molar-refractivity contribution < 1.29 is 5.11 Å². The van der Waals surface area contributed by atoms with Crippen molar-refractivity contribution in [2.45, 2.75) is 0 Å². The van der Waals surface area contributed by atoms with E-state index in [1.807, 2.05) is 43.3 Å². The quantitative estimate of drug-likeness (QED) is 0.479. The monoisotopic (exact) mass is 329 g/mol. The summed E-state index contributed by atoms with van der Waals surface area (Å²) in [5.74, 6) is 0.184. The number of hydrogen-bond donors (Lipinski definition) is 1. The summed E-state index contributed by atoms with van der Waals surface area (Å²) in [6.45, 7) is 0. The Morgan fingerprint density at radius 1 is 0.960 bits per heavy atom. The Balaban J connectivity index is 2.14. The summed E-state index contributed by atoms with van der Waals surface area (Å²) in [4.78, 5) is 19.8. The zero-order chi connectivity index (χ0) is 17.3. The van der Waals surface area contributed by atoms with Gasteiger partial charge in [0.05, 0.1) is 21.9 Å². The lowest BCUT2D eigenvalue weighted by Crippen LogP contribution is -2.15. The van der Waals surface area contributed by atoms with Gasteiger partial charge < -0.3 is 10.0 Å². The minimum absolute atomic E-state index is 0.0649. The highest BCUT2D eigenvalue weighted by atomic mass is 16.3. The first kappa shape index (κ1) is 14.0. The number of hydrogen-bond acceptors (Lipinski definition) is 4. The number of phenols is 1. The summed E-state index contributed by atoms with van der Waals surface area (Å²) in [7, 11) is 3.90. The molecule has 0 aliphatic rings. The highest BCUT2D eigenvalue weighted by molar-refractivity contribution is 6.19. The molecule has 0 saturated heterocycles. The highest BCUT2D eigenvalue weighted by Gasteiger charge is 2.18. The lowest BCUT2D eigenvalue weighted by molar-refractivity contribution is 0.476. The van der Waals surface area contributed by atoms with E-state index >= 15 is 0 Å². The van der Waals surface area contributed by atoms with E-state index < -0.39 is 0 Å². The second-order valence-corrected chi connectivity index (χ2v) is 6.52. The molecule has 0 aliphatic carbocycles. The first-order valence-corrected chi connectivity index (χ1v) is 8.05. The highest BCUT2D eigenvalue weighted by Crippen LogP contribution is 2.34. The van der Waals surface area contributed by atoms with Crippen LogP contribution in [0.3, 0.4) is 0 Å². The van der Waals surface area contributed by atoms with Gasteiger partial charge >= 0.3 is 0 Å². The predicted octanol–water partition coefficient (Wildman–Crippen LogP) is 3.36. The van der Waals surface area contributed by atoms with Crippen LogP contribution in [0, 0.1) is 0 Å². The van der Waals surface area contributed by atoms with E-state index in [4.69, 9.17) is 0 Å². The SMILES string of the molecule is CN(C)c1ccc2c(c1)c(=O)n1c3ccc(O)cc3c3ccnc2c31. The second-order valence-electron chi connectivity index (χ2n) is 6.52. The van der Waals surface area contributed by atoms with Crippen molar-refractivity contribution in [3.8, 4) is 5.75 Å². The van der Waals surface area contributed by atoms with Crippen LogP contribution in [0.2, 0.25) is 0 Å². The fourth-order valence-electron chi connectivity index (χ4n) is 3.68. The summed E-state index contributed by atoms with van der Waals surface area (Å²) in [6, 6.07) is 12.9. The molecule has 0 fully saturated rings. The van der Waals surface area contributed by atoms with E-state index in [0.29, 0.717) is 5.39 Å². The standard InChI is InChI=1S/C20H15N3O2/c1-22(2)11-3-5-13-16(9-11)20(25)23-17-6-4-12(24)10-15(17)14-7-8-21-18(13)19(14)23/h3-10,24H,1-2H3. The molecule has 0 amide bonds. The topological polar surface area (TPSA) is 57.8 Å². The van der Waals surface area contributed by atoms with Crippen molar-refractivity contribution in [2.24, 2.45) is 0 Å². The number of pyridine rings is 2. The van der Waals surface area contributed by atoms with Gasteiger partial charge in [-0.2, -0.15) is 0 Å². The Kier molecular flexibility index (Phi) is 2.58. The van der Waals surface area contributed by atoms with Crippen LogP contribution in [0.15, 0.2) is 53.5 Å². The number of benzene rings is 2. The van der Waals surface area contributed by atoms with Crippen LogP contribution in [0.4, 0.5) is 5.69 Å². The van der Waals surface area contributed by atoms with E-state index in [2.05, 4.69) is 4.98 Å². The summed E-state index contributed by atoms with van der Waals surface area (Å²) in [6.07, 6.45) is 1.75. The van der Waals surface area contributed by atoms with Gasteiger partial charge in [-0.3, -0.25) is 14.2 Å². The molecule has 122 valence electrons. The van der Waals surface area contributed by atoms with Gasteiger partial charge in [-0.15, -0.1) is 0 Å². The third-order valence-electron chi connectivity index (χ3n) is 4.87. The normalized spacial score (nSPS) is 11.9. The van der Waals surface area contributed by atoms with E-state index in [1.54, 1.807) is 28.8 Å². The number of anilines is 1. The molecule has 5 heteroatoms. The molecule has 0 radical (unpaired) electrons. The molecule has 0 unspecified atom stereocenters. The molecule has 5 rings (SSSR count). The third-order valence-corrected chi connectivity index (χ3v) is 4.87. The Morgan fingerprint density at radius 3 is 2.60 bits per heavy atom. The fourth-order valence-corrected chi connectivity index (χ4v) is 3.68. The van der Waals surface area contributed by atoms with Crippen molar-refractivity contribution >= 4 is 43.8 Å². The van der Waals surface area contributed by atoms with Crippen molar-refractivity contribution in [1.82, 2.24) is 9.38 Å². The maximum Gasteiger partial charge on any atom is 0.263 e. The van der Waals surface area contributed by atoms with Crippen molar-refractivity contribution in [1.29, 1.82) is 0 Å². The van der Waals surface area contributed by atoms with E-state index in [1.165, 1.54) is 0 Å². The minimum Gasteiger partial charge on any atom is -0.508 e. The summed E-state index contributed by atoms with van der Waals surface area (Å²) < 4.78 is 1.72. The van der Waals surface area contributed by atoms with E-state index in [-0.39, 0.29) is 11.3 Å². The minimum atomic E-state index is -0.0649. The van der Waals surface area contributed by atoms with Gasteiger partial charge in [0, 0.05) is 42.1 Å². The zero-order valence-corrected chi connectivity index (χ0v) is 13.8. The molecular weight excluding hydrogens is 314 g/mol. The smallest absolute Gasteiger partial charge is 0.263 e. The van der Waals surface area contributed by atoms with Gasteiger partial charge in [0.1, 0.15) is 5.75 Å². The van der Waals surface area contributed by atoms with Gasteiger partial charge in [-0.25, -0.2) is 0 Å². The molecule has 1 N–H and O–H groups in total. The maximum absolute atomic E-state index is 13.3. The fraction of sp³-hybridized carbons (Fsp3) is 0.100. The number of aromatic hydroxyl groups is 1. The second kappa shape index (κ2) is 4.60. The van der Waals surface area contributed by atoms with Crippen LogP contribution in [-0.4, -0.2) is 28.6 Å². The van der Waals surface area contributed by atoms with Crippen molar-refractivity contribution in [2.75, 3.05) is 19.0 Å². The molecule has 5 aromatic rings. The van der Waals surface area contributed by atoms with Gasteiger partial charge in [0.25, 0.3) is 5.56 Å². The van der Waals surface area contributed by atoms with E-state index in [9.17, 15) is 9.90 Å². The first-order chi connectivity index (χ1) is 12.1. The van der Waals surface area contributed by atoms with Crippen LogP contribution in [0.1, 0.15) is 0 Å². The first-order valence-electron chi connectivity index (χ1n) is 8.05. The molecule has 0 saturated carbocycles. The van der Waals surface area contributed by atoms with Gasteiger partial charge in [0.2, 0.25) is 0 Å². The molecule has 0 atom stereocenters. The number of phenolic OH excluding ortho intramolecular Hbond substituents is 1. The lowest BCUT2D eigenvalue weighted by Gasteiger charge is -2.13. The van der Waals surface area contributed by atoms with Crippen LogP contribution >= 0.6 is 0 Å². The Hall–Kier alpha value is -3.34. The van der Waals surface area contributed by atoms with Gasteiger partial charge in [-0.1, -0.05) is 0 Å². The van der Waals surface area contributed by atoms with Crippen LogP contribution in [0.5, 0.6) is 5.75 Å². The molecule has 2 aromatic carbocycles. The number of aromatic nitrogens is 2. The molecule has 0 bridgehead atoms. The molecule has 0 spiro atoms. The number of nitrogens with zero attached hydrogens (tertiary/aromatic N) is 3. The summed E-state index contributed by atoms with van der Waals surface area (Å²) >= 11 is 0. The van der Waals surface area contributed by atoms with Crippen molar-refractivity contribution in [3.05, 3.63) is 59.0 Å². The average molecular weight is 329 g/mol. The Morgan fingerprint density at radius 2 is 1.80 bits per heavy atom. The Labute approximate surface area is 142 Å². The molecule has 25 heavy (non-hydrogen) atoms. The third kappa shape index (κ3) is 1.72. The molecule has 3 heterocycles. The largest absolute Gasteiger partial charge is 0.508 e. The van der Waals surface area contributed by atoms with Gasteiger partial charge in [-0.05, 0) is 42.5 Å². The Bertz CT molecular complexity index is 1350. The lowest BCUT2D eigenvalue weighted by atomic mass is 10.1.